The molecule has 2 aromatic rings. The second-order valence-electron chi connectivity index (χ2n) is 4.01. The van der Waals surface area contributed by atoms with E-state index in [1.807, 2.05) is 0 Å². The minimum Gasteiger partial charge on any atom is -0.326 e. The van der Waals surface area contributed by atoms with Crippen LogP contribution in [0.25, 0.3) is 0 Å². The van der Waals surface area contributed by atoms with Gasteiger partial charge in [0.2, 0.25) is 0 Å². The highest BCUT2D eigenvalue weighted by atomic mass is 79.9. The number of benzene rings is 1. The molecule has 0 saturated heterocycles. The summed E-state index contributed by atoms with van der Waals surface area (Å²) in [6.45, 7) is 0.0392. The minimum absolute atomic E-state index is 0.00890. The number of halogens is 3. The highest BCUT2D eigenvalue weighted by molar-refractivity contribution is 9.10. The molecule has 5 nitrogen and oxygen atoms in total. The zero-order chi connectivity index (χ0) is 15.6. The fraction of sp³-hybridized carbons (Fsp3) is 0.0833. The van der Waals surface area contributed by atoms with Crippen LogP contribution in [0.4, 0.5) is 5.82 Å². The van der Waals surface area contributed by atoms with Crippen LogP contribution >= 0.6 is 39.1 Å². The van der Waals surface area contributed by atoms with Gasteiger partial charge in [0.05, 0.1) is 5.02 Å². The molecule has 1 aromatic carbocycles. The Morgan fingerprint density at radius 2 is 1.95 bits per heavy atom. The van der Waals surface area contributed by atoms with E-state index in [1.54, 1.807) is 6.07 Å². The molecule has 0 amide bonds. The van der Waals surface area contributed by atoms with E-state index >= 15 is 0 Å². The summed E-state index contributed by atoms with van der Waals surface area (Å²) in [5.41, 5.74) is 5.91. The highest BCUT2D eigenvalue weighted by Gasteiger charge is 2.21. The molecule has 112 valence electrons. The van der Waals surface area contributed by atoms with Crippen molar-refractivity contribution in [3.05, 3.63) is 50.5 Å². The molecule has 0 aliphatic carbocycles. The molecule has 0 fully saturated rings. The monoisotopic (exact) mass is 409 g/mol. The summed E-state index contributed by atoms with van der Waals surface area (Å²) in [4.78, 5) is 3.85. The lowest BCUT2D eigenvalue weighted by molar-refractivity contribution is 0.601. The number of hydrogen-bond acceptors (Lipinski definition) is 4. The van der Waals surface area contributed by atoms with Gasteiger partial charge in [0.1, 0.15) is 10.7 Å². The molecular weight excluding hydrogens is 401 g/mol. The van der Waals surface area contributed by atoms with Crippen molar-refractivity contribution < 1.29 is 8.42 Å². The molecular formula is C12H10BrCl2N3O2S. The molecule has 0 atom stereocenters. The lowest BCUT2D eigenvalue weighted by Crippen LogP contribution is -2.15. The Morgan fingerprint density at radius 3 is 2.52 bits per heavy atom. The molecule has 1 aromatic heterocycles. The Morgan fingerprint density at radius 1 is 1.24 bits per heavy atom. The average molecular weight is 411 g/mol. The average Bonchev–Trinajstić information content (AvgIpc) is 2.41. The van der Waals surface area contributed by atoms with Crippen molar-refractivity contribution in [2.45, 2.75) is 11.4 Å². The predicted molar refractivity (Wildman–Crippen MR) is 87.1 cm³/mol. The van der Waals surface area contributed by atoms with Crippen molar-refractivity contribution in [2.24, 2.45) is 5.73 Å². The van der Waals surface area contributed by atoms with Gasteiger partial charge >= 0.3 is 0 Å². The standard InChI is InChI=1S/C12H10BrCl2N3O2S/c13-7-1-4-11(17-6-7)18-21(19,20)10-3-2-9(14)8(5-16)12(10)15/h1-4,6H,5,16H2,(H,17,18). The number of anilines is 1. The third kappa shape index (κ3) is 3.67. The van der Waals surface area contributed by atoms with Gasteiger partial charge in [-0.2, -0.15) is 0 Å². The number of pyridine rings is 1. The fourth-order valence-electron chi connectivity index (χ4n) is 1.60. The van der Waals surface area contributed by atoms with Crippen LogP contribution in [-0.2, 0) is 16.6 Å². The minimum atomic E-state index is -3.88. The van der Waals surface area contributed by atoms with Gasteiger partial charge in [-0.3, -0.25) is 4.72 Å². The fourth-order valence-corrected chi connectivity index (χ4v) is 3.78. The first-order valence-corrected chi connectivity index (χ1v) is 8.69. The van der Waals surface area contributed by atoms with Crippen LogP contribution in [0.15, 0.2) is 39.8 Å². The number of aromatic nitrogens is 1. The first-order chi connectivity index (χ1) is 9.85. The van der Waals surface area contributed by atoms with Crippen LogP contribution in [0.1, 0.15) is 5.56 Å². The molecule has 21 heavy (non-hydrogen) atoms. The van der Waals surface area contributed by atoms with E-state index in [-0.39, 0.29) is 22.3 Å². The SMILES string of the molecule is NCc1c(Cl)ccc(S(=O)(=O)Nc2ccc(Br)cn2)c1Cl. The maximum Gasteiger partial charge on any atom is 0.264 e. The maximum atomic E-state index is 12.4. The molecule has 0 bridgehead atoms. The number of nitrogens with zero attached hydrogens (tertiary/aromatic N) is 1. The van der Waals surface area contributed by atoms with E-state index in [0.29, 0.717) is 10.6 Å². The zero-order valence-electron chi connectivity index (χ0n) is 10.5. The molecule has 3 N–H and O–H groups in total. The van der Waals surface area contributed by atoms with Crippen LogP contribution in [-0.4, -0.2) is 13.4 Å². The summed E-state index contributed by atoms with van der Waals surface area (Å²) in [5.74, 6) is 0.179. The van der Waals surface area contributed by atoms with Gasteiger partial charge in [-0.15, -0.1) is 0 Å². The van der Waals surface area contributed by atoms with Crippen molar-refractivity contribution >= 4 is 55.0 Å². The third-order valence-corrected chi connectivity index (χ3v) is 5.37. The van der Waals surface area contributed by atoms with Gasteiger partial charge in [-0.05, 0) is 40.2 Å². The molecule has 1 heterocycles. The second-order valence-corrected chi connectivity index (χ2v) is 7.36. The number of nitrogens with one attached hydrogen (secondary N) is 1. The quantitative estimate of drug-likeness (QED) is 0.808. The van der Waals surface area contributed by atoms with Crippen LogP contribution in [0.2, 0.25) is 10.0 Å². The molecule has 0 aliphatic heterocycles. The van der Waals surface area contributed by atoms with Gasteiger partial charge in [-0.1, -0.05) is 23.2 Å². The van der Waals surface area contributed by atoms with Crippen molar-refractivity contribution in [1.29, 1.82) is 0 Å². The summed E-state index contributed by atoms with van der Waals surface area (Å²) >= 11 is 15.2. The number of rotatable bonds is 4. The van der Waals surface area contributed by atoms with Crippen molar-refractivity contribution in [2.75, 3.05) is 4.72 Å². The lowest BCUT2D eigenvalue weighted by atomic mass is 10.2. The molecule has 2 rings (SSSR count). The Bertz CT molecular complexity index is 767. The first kappa shape index (κ1) is 16.5. The Labute approximate surface area is 140 Å². The Balaban J connectivity index is 2.42. The summed E-state index contributed by atoms with van der Waals surface area (Å²) in [6, 6.07) is 5.96. The Hall–Kier alpha value is -0.860. The molecule has 0 saturated carbocycles. The van der Waals surface area contributed by atoms with E-state index in [4.69, 9.17) is 28.9 Å². The molecule has 0 spiro atoms. The maximum absolute atomic E-state index is 12.4. The molecule has 0 radical (unpaired) electrons. The summed E-state index contributed by atoms with van der Waals surface area (Å²) < 4.78 is 27.8. The largest absolute Gasteiger partial charge is 0.326 e. The molecule has 9 heteroatoms. The van der Waals surface area contributed by atoms with Gasteiger partial charge in [0.25, 0.3) is 10.0 Å². The number of sulfonamides is 1. The van der Waals surface area contributed by atoms with Crippen LogP contribution in [0, 0.1) is 0 Å². The van der Waals surface area contributed by atoms with Crippen LogP contribution < -0.4 is 10.5 Å². The van der Waals surface area contributed by atoms with Crippen molar-refractivity contribution in [3.63, 3.8) is 0 Å². The zero-order valence-corrected chi connectivity index (χ0v) is 14.4. The topological polar surface area (TPSA) is 85.1 Å². The third-order valence-electron chi connectivity index (χ3n) is 2.61. The van der Waals surface area contributed by atoms with Crippen molar-refractivity contribution in [1.82, 2.24) is 4.98 Å². The van der Waals surface area contributed by atoms with Gasteiger partial charge in [0.15, 0.2) is 0 Å². The summed E-state index contributed by atoms with van der Waals surface area (Å²) in [5, 5.41) is 0.331. The highest BCUT2D eigenvalue weighted by Crippen LogP contribution is 2.31. The molecule has 0 unspecified atom stereocenters. The Kier molecular flexibility index (Phi) is 5.11. The van der Waals surface area contributed by atoms with E-state index in [2.05, 4.69) is 25.6 Å². The van der Waals surface area contributed by atoms with Crippen LogP contribution in [0.3, 0.4) is 0 Å². The van der Waals surface area contributed by atoms with E-state index in [0.717, 1.165) is 4.47 Å². The smallest absolute Gasteiger partial charge is 0.264 e. The first-order valence-electron chi connectivity index (χ1n) is 5.66. The van der Waals surface area contributed by atoms with E-state index < -0.39 is 10.0 Å². The van der Waals surface area contributed by atoms with Crippen molar-refractivity contribution in [3.8, 4) is 0 Å². The van der Waals surface area contributed by atoms with E-state index in [9.17, 15) is 8.42 Å². The number of nitrogens with two attached hydrogens (primary N) is 1. The normalized spacial score (nSPS) is 11.4. The van der Waals surface area contributed by atoms with Gasteiger partial charge in [-0.25, -0.2) is 13.4 Å². The van der Waals surface area contributed by atoms with Gasteiger partial charge < -0.3 is 5.73 Å². The van der Waals surface area contributed by atoms with E-state index in [1.165, 1.54) is 24.4 Å². The second kappa shape index (κ2) is 6.50. The summed E-state index contributed by atoms with van der Waals surface area (Å²) in [7, 11) is -3.88. The lowest BCUT2D eigenvalue weighted by Gasteiger charge is -2.12. The summed E-state index contributed by atoms with van der Waals surface area (Å²) in [6.07, 6.45) is 1.48. The van der Waals surface area contributed by atoms with Gasteiger partial charge in [0, 0.05) is 27.8 Å². The number of hydrogen-bond donors (Lipinski definition) is 2. The predicted octanol–water partition coefficient (Wildman–Crippen LogP) is 3.41. The molecule has 0 aliphatic rings. The van der Waals surface area contributed by atoms with Crippen LogP contribution in [0.5, 0.6) is 0 Å².